The zero-order valence-electron chi connectivity index (χ0n) is 9.55. The van der Waals surface area contributed by atoms with Gasteiger partial charge in [0.05, 0.1) is 6.61 Å². The highest BCUT2D eigenvalue weighted by atomic mass is 16.7. The summed E-state index contributed by atoms with van der Waals surface area (Å²) in [5, 5.41) is 0. The fraction of sp³-hybridized carbons (Fsp3) is 0.462. The minimum Gasteiger partial charge on any atom is -0.435 e. The fourth-order valence-electron chi connectivity index (χ4n) is 1.74. The number of ether oxygens (including phenoxy) is 2. The van der Waals surface area contributed by atoms with Crippen molar-refractivity contribution in [2.75, 3.05) is 6.61 Å². The van der Waals surface area contributed by atoms with Crippen molar-refractivity contribution in [3.8, 4) is 0 Å². The van der Waals surface area contributed by atoms with Crippen molar-refractivity contribution in [1.82, 2.24) is 0 Å². The fourth-order valence-corrected chi connectivity index (χ4v) is 1.74. The highest BCUT2D eigenvalue weighted by molar-refractivity contribution is 5.78. The lowest BCUT2D eigenvalue weighted by atomic mass is 9.99. The first-order valence-corrected chi connectivity index (χ1v) is 5.55. The molecule has 1 heterocycles. The molecule has 2 atom stereocenters. The van der Waals surface area contributed by atoms with E-state index in [1.807, 2.05) is 44.2 Å². The summed E-state index contributed by atoms with van der Waals surface area (Å²) in [5.74, 6) is -0.270. The standard InChI is InChI=1S/C13H16O3/c1-9(2)13-15-8-11(12(14)16-13)10-6-4-3-5-7-10/h3-7,9,11,13H,8H2,1-2H3/t11-,13+/m1/s1. The molecule has 2 rings (SSSR count). The van der Waals surface area contributed by atoms with Crippen molar-refractivity contribution in [3.05, 3.63) is 35.9 Å². The van der Waals surface area contributed by atoms with Crippen LogP contribution >= 0.6 is 0 Å². The molecule has 0 unspecified atom stereocenters. The average molecular weight is 220 g/mol. The molecule has 1 saturated heterocycles. The third-order valence-corrected chi connectivity index (χ3v) is 2.69. The van der Waals surface area contributed by atoms with Gasteiger partial charge in [0.1, 0.15) is 5.92 Å². The van der Waals surface area contributed by atoms with Gasteiger partial charge in [-0.2, -0.15) is 0 Å². The molecule has 0 aromatic heterocycles. The van der Waals surface area contributed by atoms with Gasteiger partial charge in [0, 0.05) is 5.92 Å². The van der Waals surface area contributed by atoms with Crippen LogP contribution in [-0.4, -0.2) is 18.9 Å². The lowest BCUT2D eigenvalue weighted by Gasteiger charge is -2.30. The van der Waals surface area contributed by atoms with E-state index in [-0.39, 0.29) is 17.8 Å². The molecule has 0 spiro atoms. The van der Waals surface area contributed by atoms with Crippen LogP contribution in [0.2, 0.25) is 0 Å². The van der Waals surface area contributed by atoms with Crippen LogP contribution in [0.25, 0.3) is 0 Å². The number of cyclic esters (lactones) is 1. The van der Waals surface area contributed by atoms with E-state index in [2.05, 4.69) is 0 Å². The Labute approximate surface area is 95.4 Å². The van der Waals surface area contributed by atoms with E-state index in [4.69, 9.17) is 9.47 Å². The first-order valence-electron chi connectivity index (χ1n) is 5.55. The van der Waals surface area contributed by atoms with Crippen LogP contribution < -0.4 is 0 Å². The van der Waals surface area contributed by atoms with Crippen molar-refractivity contribution in [2.24, 2.45) is 5.92 Å². The topological polar surface area (TPSA) is 35.5 Å². The second-order valence-corrected chi connectivity index (χ2v) is 4.35. The molecule has 3 heteroatoms. The summed E-state index contributed by atoms with van der Waals surface area (Å²) in [6.07, 6.45) is -0.396. The molecule has 1 aromatic carbocycles. The monoisotopic (exact) mass is 220 g/mol. The van der Waals surface area contributed by atoms with Crippen molar-refractivity contribution in [2.45, 2.75) is 26.1 Å². The largest absolute Gasteiger partial charge is 0.435 e. The summed E-state index contributed by atoms with van der Waals surface area (Å²) >= 11 is 0. The second kappa shape index (κ2) is 4.66. The van der Waals surface area contributed by atoms with Gasteiger partial charge in [0.15, 0.2) is 0 Å². The maximum Gasteiger partial charge on any atom is 0.318 e. The predicted octanol–water partition coefficient (Wildman–Crippen LogP) is 2.33. The Morgan fingerprint density at radius 2 is 1.94 bits per heavy atom. The number of rotatable bonds is 2. The van der Waals surface area contributed by atoms with Gasteiger partial charge in [0.25, 0.3) is 0 Å². The molecule has 0 bridgehead atoms. The SMILES string of the molecule is CC(C)[C@H]1OC[C@H](c2ccccc2)C(=O)O1. The summed E-state index contributed by atoms with van der Waals surface area (Å²) in [6.45, 7) is 4.35. The zero-order chi connectivity index (χ0) is 11.5. The Hall–Kier alpha value is -1.35. The molecule has 0 saturated carbocycles. The summed E-state index contributed by atoms with van der Waals surface area (Å²) < 4.78 is 10.8. The Bertz CT molecular complexity index is 359. The van der Waals surface area contributed by atoms with Gasteiger partial charge in [-0.05, 0) is 5.56 Å². The quantitative estimate of drug-likeness (QED) is 0.717. The molecule has 1 aliphatic heterocycles. The third kappa shape index (κ3) is 2.25. The number of carbonyl (C=O) groups is 1. The van der Waals surface area contributed by atoms with Gasteiger partial charge >= 0.3 is 5.97 Å². The van der Waals surface area contributed by atoms with Crippen LogP contribution in [0.4, 0.5) is 0 Å². The van der Waals surface area contributed by atoms with Crippen LogP contribution in [0.3, 0.4) is 0 Å². The van der Waals surface area contributed by atoms with Crippen LogP contribution in [0.5, 0.6) is 0 Å². The lowest BCUT2D eigenvalue weighted by Crippen LogP contribution is -2.37. The molecule has 0 radical (unpaired) electrons. The Kier molecular flexibility index (Phi) is 3.25. The van der Waals surface area contributed by atoms with Crippen molar-refractivity contribution in [3.63, 3.8) is 0 Å². The molecule has 1 aliphatic rings. The highest BCUT2D eigenvalue weighted by Gasteiger charge is 2.33. The third-order valence-electron chi connectivity index (χ3n) is 2.69. The minimum absolute atomic E-state index is 0.184. The molecule has 0 amide bonds. The molecule has 16 heavy (non-hydrogen) atoms. The second-order valence-electron chi connectivity index (χ2n) is 4.35. The Morgan fingerprint density at radius 1 is 1.25 bits per heavy atom. The summed E-state index contributed by atoms with van der Waals surface area (Å²) in [5.41, 5.74) is 0.953. The molecule has 0 aliphatic carbocycles. The highest BCUT2D eigenvalue weighted by Crippen LogP contribution is 2.25. The van der Waals surface area contributed by atoms with Crippen LogP contribution in [-0.2, 0) is 14.3 Å². The van der Waals surface area contributed by atoms with E-state index in [1.54, 1.807) is 0 Å². The first kappa shape index (κ1) is 11.1. The summed E-state index contributed by atoms with van der Waals surface area (Å²) in [7, 11) is 0. The van der Waals surface area contributed by atoms with Crippen LogP contribution in [0, 0.1) is 5.92 Å². The molecule has 1 fully saturated rings. The number of benzene rings is 1. The number of hydrogen-bond acceptors (Lipinski definition) is 3. The van der Waals surface area contributed by atoms with E-state index < -0.39 is 6.29 Å². The first-order chi connectivity index (χ1) is 7.68. The zero-order valence-corrected chi connectivity index (χ0v) is 9.55. The smallest absolute Gasteiger partial charge is 0.318 e. The van der Waals surface area contributed by atoms with Crippen molar-refractivity contribution >= 4 is 5.97 Å². The number of carbonyl (C=O) groups excluding carboxylic acids is 1. The van der Waals surface area contributed by atoms with Gasteiger partial charge in [-0.3, -0.25) is 4.79 Å². The summed E-state index contributed by atoms with van der Waals surface area (Å²) in [6, 6.07) is 9.60. The normalized spacial score (nSPS) is 25.6. The minimum atomic E-state index is -0.396. The van der Waals surface area contributed by atoms with E-state index in [1.165, 1.54) is 0 Å². The average Bonchev–Trinajstić information content (AvgIpc) is 2.30. The molecule has 3 nitrogen and oxygen atoms in total. The number of hydrogen-bond donors (Lipinski definition) is 0. The molecular weight excluding hydrogens is 204 g/mol. The van der Waals surface area contributed by atoms with Gasteiger partial charge in [0.2, 0.25) is 6.29 Å². The van der Waals surface area contributed by atoms with Crippen molar-refractivity contribution < 1.29 is 14.3 Å². The summed E-state index contributed by atoms with van der Waals surface area (Å²) in [4.78, 5) is 11.8. The van der Waals surface area contributed by atoms with Crippen LogP contribution in [0.15, 0.2) is 30.3 Å². The number of esters is 1. The van der Waals surface area contributed by atoms with Gasteiger partial charge in [-0.1, -0.05) is 44.2 Å². The van der Waals surface area contributed by atoms with Crippen molar-refractivity contribution in [1.29, 1.82) is 0 Å². The van der Waals surface area contributed by atoms with Crippen LogP contribution in [0.1, 0.15) is 25.3 Å². The predicted molar refractivity (Wildman–Crippen MR) is 59.9 cm³/mol. The molecule has 0 N–H and O–H groups in total. The van der Waals surface area contributed by atoms with E-state index in [0.717, 1.165) is 5.56 Å². The lowest BCUT2D eigenvalue weighted by molar-refractivity contribution is -0.212. The molecular formula is C13H16O3. The molecule has 86 valence electrons. The maximum absolute atomic E-state index is 11.8. The van der Waals surface area contributed by atoms with E-state index >= 15 is 0 Å². The molecule has 1 aromatic rings. The van der Waals surface area contributed by atoms with Gasteiger partial charge < -0.3 is 9.47 Å². The van der Waals surface area contributed by atoms with Gasteiger partial charge in [-0.15, -0.1) is 0 Å². The van der Waals surface area contributed by atoms with E-state index in [9.17, 15) is 4.79 Å². The van der Waals surface area contributed by atoms with Gasteiger partial charge in [-0.25, -0.2) is 0 Å². The Morgan fingerprint density at radius 3 is 2.50 bits per heavy atom. The maximum atomic E-state index is 11.8. The Balaban J connectivity index is 2.08. The van der Waals surface area contributed by atoms with E-state index in [0.29, 0.717) is 6.61 Å².